The van der Waals surface area contributed by atoms with Gasteiger partial charge >= 0.3 is 5.97 Å². The van der Waals surface area contributed by atoms with Crippen molar-refractivity contribution in [1.29, 1.82) is 0 Å². The summed E-state index contributed by atoms with van der Waals surface area (Å²) in [6.07, 6.45) is 4.76. The Kier molecular flexibility index (Phi) is 3.56. The largest absolute Gasteiger partial charge is 0.481 e. The van der Waals surface area contributed by atoms with Crippen LogP contribution in [0.15, 0.2) is 0 Å². The highest BCUT2D eigenvalue weighted by molar-refractivity contribution is 5.85. The number of hydrogen-bond acceptors (Lipinski definition) is 2. The van der Waals surface area contributed by atoms with E-state index in [-0.39, 0.29) is 18.3 Å². The van der Waals surface area contributed by atoms with Gasteiger partial charge < -0.3 is 10.4 Å². The monoisotopic (exact) mass is 205 g/mol. The lowest BCUT2D eigenvalue weighted by molar-refractivity contribution is -0.142. The average molecular weight is 206 g/mol. The van der Waals surface area contributed by atoms with Gasteiger partial charge in [0, 0.05) is 12.6 Å². The van der Waals surface area contributed by atoms with Crippen LogP contribution in [0.2, 0.25) is 0 Å². The summed E-state index contributed by atoms with van der Waals surface area (Å²) >= 11 is 0. The van der Waals surface area contributed by atoms with Gasteiger partial charge in [-0.15, -0.1) is 12.4 Å². The minimum Gasteiger partial charge on any atom is -0.481 e. The highest BCUT2D eigenvalue weighted by Gasteiger charge is 2.40. The Morgan fingerprint density at radius 2 is 2.00 bits per heavy atom. The molecule has 0 aromatic carbocycles. The van der Waals surface area contributed by atoms with E-state index in [9.17, 15) is 4.79 Å². The van der Waals surface area contributed by atoms with Gasteiger partial charge in [-0.25, -0.2) is 0 Å². The lowest BCUT2D eigenvalue weighted by Gasteiger charge is -2.26. The van der Waals surface area contributed by atoms with Crippen LogP contribution in [0, 0.1) is 11.8 Å². The fourth-order valence-electron chi connectivity index (χ4n) is 2.59. The Labute approximate surface area is 84.3 Å². The maximum Gasteiger partial charge on any atom is 0.308 e. The molecule has 76 valence electrons. The van der Waals surface area contributed by atoms with Crippen molar-refractivity contribution in [2.75, 3.05) is 6.54 Å². The second-order valence-electron chi connectivity index (χ2n) is 3.91. The zero-order chi connectivity index (χ0) is 8.55. The van der Waals surface area contributed by atoms with E-state index >= 15 is 0 Å². The van der Waals surface area contributed by atoms with Crippen molar-refractivity contribution in [1.82, 2.24) is 5.32 Å². The minimum absolute atomic E-state index is 0. The van der Waals surface area contributed by atoms with Crippen LogP contribution >= 0.6 is 12.4 Å². The second-order valence-corrected chi connectivity index (χ2v) is 3.91. The Bertz CT molecular complexity index is 198. The number of rotatable bonds is 1. The maximum absolute atomic E-state index is 10.8. The lowest BCUT2D eigenvalue weighted by Crippen LogP contribution is -2.31. The fourth-order valence-corrected chi connectivity index (χ4v) is 2.59. The topological polar surface area (TPSA) is 49.3 Å². The molecule has 0 spiro atoms. The van der Waals surface area contributed by atoms with Crippen LogP contribution in [0.25, 0.3) is 0 Å². The Morgan fingerprint density at radius 1 is 1.31 bits per heavy atom. The van der Waals surface area contributed by atoms with Crippen molar-refractivity contribution in [3.63, 3.8) is 0 Å². The van der Waals surface area contributed by atoms with Crippen molar-refractivity contribution >= 4 is 18.4 Å². The summed E-state index contributed by atoms with van der Waals surface area (Å²) in [6.45, 7) is 0.685. The molecule has 1 heterocycles. The highest BCUT2D eigenvalue weighted by Crippen LogP contribution is 2.34. The molecular formula is C9H16ClNO2. The molecule has 4 heteroatoms. The lowest BCUT2D eigenvalue weighted by atomic mass is 9.80. The normalized spacial score (nSPS) is 37.7. The van der Waals surface area contributed by atoms with Crippen molar-refractivity contribution < 1.29 is 9.90 Å². The maximum atomic E-state index is 10.8. The predicted molar refractivity (Wildman–Crippen MR) is 52.1 cm³/mol. The first-order valence-corrected chi connectivity index (χ1v) is 4.75. The third-order valence-electron chi connectivity index (χ3n) is 3.25. The molecule has 1 aliphatic heterocycles. The van der Waals surface area contributed by atoms with E-state index in [1.807, 2.05) is 0 Å². The molecule has 0 radical (unpaired) electrons. The number of hydrogen-bond donors (Lipinski definition) is 2. The van der Waals surface area contributed by atoms with Gasteiger partial charge in [-0.2, -0.15) is 0 Å². The molecule has 1 saturated heterocycles. The molecule has 0 bridgehead atoms. The molecule has 1 unspecified atom stereocenters. The van der Waals surface area contributed by atoms with Crippen LogP contribution in [0.4, 0.5) is 0 Å². The van der Waals surface area contributed by atoms with Crippen molar-refractivity contribution in [2.45, 2.75) is 31.7 Å². The molecule has 0 aromatic rings. The summed E-state index contributed by atoms with van der Waals surface area (Å²) in [5.41, 5.74) is 0. The summed E-state index contributed by atoms with van der Waals surface area (Å²) in [5, 5.41) is 12.2. The van der Waals surface area contributed by atoms with Crippen LogP contribution in [-0.2, 0) is 4.79 Å². The Hall–Kier alpha value is -0.280. The van der Waals surface area contributed by atoms with Crippen LogP contribution in [0.5, 0.6) is 0 Å². The first-order valence-electron chi connectivity index (χ1n) is 4.75. The quantitative estimate of drug-likeness (QED) is 0.678. The van der Waals surface area contributed by atoms with E-state index in [1.54, 1.807) is 0 Å². The van der Waals surface area contributed by atoms with E-state index in [0.29, 0.717) is 18.5 Å². The number of fused-ring (bicyclic) bond motifs is 1. The fraction of sp³-hybridized carbons (Fsp3) is 0.889. The molecule has 0 aromatic heterocycles. The molecule has 3 nitrogen and oxygen atoms in total. The molecule has 3 atom stereocenters. The minimum atomic E-state index is -0.614. The van der Waals surface area contributed by atoms with Crippen molar-refractivity contribution in [2.24, 2.45) is 11.8 Å². The molecule has 2 N–H and O–H groups in total. The number of nitrogens with one attached hydrogen (secondary N) is 1. The molecular weight excluding hydrogens is 190 g/mol. The molecule has 0 amide bonds. The predicted octanol–water partition coefficient (Wildman–Crippen LogP) is 1.27. The summed E-state index contributed by atoms with van der Waals surface area (Å²) in [4.78, 5) is 10.8. The number of carbonyl (C=O) groups is 1. The van der Waals surface area contributed by atoms with Crippen LogP contribution in [0.1, 0.15) is 25.7 Å². The molecule has 2 rings (SSSR count). The molecule has 2 aliphatic rings. The van der Waals surface area contributed by atoms with E-state index in [0.717, 1.165) is 6.42 Å². The third-order valence-corrected chi connectivity index (χ3v) is 3.25. The zero-order valence-electron chi connectivity index (χ0n) is 7.53. The van der Waals surface area contributed by atoms with E-state index in [4.69, 9.17) is 5.11 Å². The first-order chi connectivity index (χ1) is 5.79. The number of aliphatic carboxylic acids is 1. The van der Waals surface area contributed by atoms with Crippen LogP contribution in [-0.4, -0.2) is 23.7 Å². The second kappa shape index (κ2) is 4.29. The van der Waals surface area contributed by atoms with E-state index in [2.05, 4.69) is 5.32 Å². The average Bonchev–Trinajstić information content (AvgIpc) is 2.47. The summed E-state index contributed by atoms with van der Waals surface area (Å²) < 4.78 is 0. The summed E-state index contributed by atoms with van der Waals surface area (Å²) in [6, 6.07) is 0.500. The summed E-state index contributed by atoms with van der Waals surface area (Å²) in [7, 11) is 0. The first kappa shape index (κ1) is 10.8. The van der Waals surface area contributed by atoms with Crippen molar-refractivity contribution in [3.8, 4) is 0 Å². The molecule has 1 saturated carbocycles. The molecule has 2 fully saturated rings. The van der Waals surface area contributed by atoms with Gasteiger partial charge in [-0.3, -0.25) is 4.79 Å². The Balaban J connectivity index is 0.000000845. The number of carboxylic acids is 1. The number of carboxylic acid groups (broad SMARTS) is 1. The summed E-state index contributed by atoms with van der Waals surface area (Å²) in [5.74, 6) is -0.316. The zero-order valence-corrected chi connectivity index (χ0v) is 8.35. The van der Waals surface area contributed by atoms with Gasteiger partial charge in [0.1, 0.15) is 0 Å². The smallest absolute Gasteiger partial charge is 0.308 e. The van der Waals surface area contributed by atoms with Crippen LogP contribution < -0.4 is 5.32 Å². The number of halogens is 1. The van der Waals surface area contributed by atoms with Crippen LogP contribution in [0.3, 0.4) is 0 Å². The van der Waals surface area contributed by atoms with Gasteiger partial charge in [0.05, 0.1) is 5.92 Å². The van der Waals surface area contributed by atoms with Gasteiger partial charge in [0.15, 0.2) is 0 Å². The van der Waals surface area contributed by atoms with Gasteiger partial charge in [-0.1, -0.05) is 12.8 Å². The third kappa shape index (κ3) is 1.97. The van der Waals surface area contributed by atoms with Gasteiger partial charge in [0.2, 0.25) is 0 Å². The standard InChI is InChI=1S/C9H15NO2.ClH/c11-9(12)7-5-10-8-4-2-1-3-6(7)8;/h6-8,10H,1-5H2,(H,11,12);1H/t6-,7?,8-;/m0./s1. The highest BCUT2D eigenvalue weighted by atomic mass is 35.5. The van der Waals surface area contributed by atoms with E-state index in [1.165, 1.54) is 19.3 Å². The van der Waals surface area contributed by atoms with Gasteiger partial charge in [-0.05, 0) is 18.8 Å². The van der Waals surface area contributed by atoms with Crippen molar-refractivity contribution in [3.05, 3.63) is 0 Å². The molecule has 13 heavy (non-hydrogen) atoms. The molecule has 1 aliphatic carbocycles. The van der Waals surface area contributed by atoms with Gasteiger partial charge in [0.25, 0.3) is 0 Å². The van der Waals surface area contributed by atoms with E-state index < -0.39 is 5.97 Å². The Morgan fingerprint density at radius 3 is 2.69 bits per heavy atom. The SMILES string of the molecule is Cl.O=C(O)C1CN[C@H]2CCCC[C@@H]12.